The van der Waals surface area contributed by atoms with Gasteiger partial charge in [-0.2, -0.15) is 0 Å². The number of aromatic amines is 1. The van der Waals surface area contributed by atoms with Gasteiger partial charge in [0.25, 0.3) is 5.56 Å². The van der Waals surface area contributed by atoms with Crippen LogP contribution in [-0.4, -0.2) is 19.6 Å². The molecule has 0 aliphatic carbocycles. The number of H-pyrrole nitrogens is 1. The first-order valence-corrected chi connectivity index (χ1v) is 8.99. The molecule has 24 heavy (non-hydrogen) atoms. The number of nitrogens with one attached hydrogen (secondary N) is 1. The van der Waals surface area contributed by atoms with E-state index in [1.165, 1.54) is 17.8 Å². The van der Waals surface area contributed by atoms with E-state index >= 15 is 0 Å². The molecule has 0 radical (unpaired) electrons. The first kappa shape index (κ1) is 17.0. The third-order valence-corrected chi connectivity index (χ3v) is 4.96. The number of rotatable bonds is 6. The van der Waals surface area contributed by atoms with Crippen molar-refractivity contribution in [2.45, 2.75) is 37.1 Å². The molecule has 0 fully saturated rings. The molecule has 3 rings (SSSR count). The van der Waals surface area contributed by atoms with Crippen molar-refractivity contribution in [1.29, 1.82) is 0 Å². The third kappa shape index (κ3) is 3.47. The molecule has 0 bridgehead atoms. The minimum Gasteiger partial charge on any atom is -0.291 e. The van der Waals surface area contributed by atoms with Gasteiger partial charge in [-0.05, 0) is 25.0 Å². The first-order valence-electron chi connectivity index (χ1n) is 7.63. The standard InChI is InChI=1S/C16H16ClFN4OS/c1-2-3-5-10-8-14(23)19-15-20-21-16(22(10)15)24-9-11-12(17)6-4-7-13(11)18/h4,6-8H,2-3,5,9H2,1H3,(H,19,20,23). The van der Waals surface area contributed by atoms with Crippen LogP contribution in [-0.2, 0) is 12.2 Å². The maximum Gasteiger partial charge on any atom is 0.252 e. The lowest BCUT2D eigenvalue weighted by molar-refractivity contribution is 0.617. The number of fused-ring (bicyclic) bond motifs is 1. The van der Waals surface area contributed by atoms with Crippen LogP contribution in [0.15, 0.2) is 34.2 Å². The van der Waals surface area contributed by atoms with Gasteiger partial charge in [0.05, 0.1) is 0 Å². The van der Waals surface area contributed by atoms with E-state index in [4.69, 9.17) is 11.6 Å². The second-order valence-electron chi connectivity index (χ2n) is 5.36. The average molecular weight is 367 g/mol. The summed E-state index contributed by atoms with van der Waals surface area (Å²) in [4.78, 5) is 14.4. The summed E-state index contributed by atoms with van der Waals surface area (Å²) in [6.07, 6.45) is 2.73. The number of nitrogens with zero attached hydrogens (tertiary/aromatic N) is 3. The van der Waals surface area contributed by atoms with E-state index in [0.717, 1.165) is 25.0 Å². The number of hydrogen-bond donors (Lipinski definition) is 1. The van der Waals surface area contributed by atoms with Crippen LogP contribution in [0.25, 0.3) is 5.78 Å². The van der Waals surface area contributed by atoms with E-state index < -0.39 is 0 Å². The molecule has 2 aromatic heterocycles. The highest BCUT2D eigenvalue weighted by atomic mass is 35.5. The number of thioether (sulfide) groups is 1. The Labute approximate surface area is 147 Å². The summed E-state index contributed by atoms with van der Waals surface area (Å²) < 4.78 is 15.7. The molecule has 0 aliphatic rings. The van der Waals surface area contributed by atoms with Crippen LogP contribution in [0.3, 0.4) is 0 Å². The summed E-state index contributed by atoms with van der Waals surface area (Å²) in [7, 11) is 0. The molecular weight excluding hydrogens is 351 g/mol. The van der Waals surface area contributed by atoms with Gasteiger partial charge >= 0.3 is 0 Å². The molecule has 0 atom stereocenters. The van der Waals surface area contributed by atoms with Crippen LogP contribution in [0.5, 0.6) is 0 Å². The summed E-state index contributed by atoms with van der Waals surface area (Å²) in [5.74, 6) is 0.387. The Morgan fingerprint density at radius 3 is 2.96 bits per heavy atom. The van der Waals surface area contributed by atoms with Crippen molar-refractivity contribution in [2.75, 3.05) is 0 Å². The molecule has 0 amide bonds. The Morgan fingerprint density at radius 2 is 2.21 bits per heavy atom. The van der Waals surface area contributed by atoms with Crippen molar-refractivity contribution in [3.05, 3.63) is 56.7 Å². The van der Waals surface area contributed by atoms with Crippen LogP contribution in [0, 0.1) is 5.82 Å². The number of halogens is 2. The van der Waals surface area contributed by atoms with Gasteiger partial charge < -0.3 is 0 Å². The fraction of sp³-hybridized carbons (Fsp3) is 0.312. The fourth-order valence-electron chi connectivity index (χ4n) is 2.41. The van der Waals surface area contributed by atoms with Crippen LogP contribution in [0.4, 0.5) is 4.39 Å². The SMILES string of the molecule is CCCCc1cc(=O)[nH]c2nnc(SCc3c(F)cccc3Cl)n12. The summed E-state index contributed by atoms with van der Waals surface area (Å²) in [6, 6.07) is 6.18. The molecule has 2 heterocycles. The topological polar surface area (TPSA) is 63.0 Å². The summed E-state index contributed by atoms with van der Waals surface area (Å²) in [5.41, 5.74) is 1.08. The Morgan fingerprint density at radius 1 is 1.38 bits per heavy atom. The molecule has 5 nitrogen and oxygen atoms in total. The zero-order valence-corrected chi connectivity index (χ0v) is 14.6. The molecule has 0 unspecified atom stereocenters. The summed E-state index contributed by atoms with van der Waals surface area (Å²) >= 11 is 7.40. The Bertz CT molecular complexity index is 904. The van der Waals surface area contributed by atoms with E-state index in [9.17, 15) is 9.18 Å². The molecular formula is C16H16ClFN4OS. The van der Waals surface area contributed by atoms with E-state index in [0.29, 0.717) is 27.3 Å². The minimum absolute atomic E-state index is 0.199. The van der Waals surface area contributed by atoms with Gasteiger partial charge in [0.2, 0.25) is 5.78 Å². The van der Waals surface area contributed by atoms with Crippen molar-refractivity contribution >= 4 is 29.1 Å². The van der Waals surface area contributed by atoms with Crippen molar-refractivity contribution < 1.29 is 4.39 Å². The lowest BCUT2D eigenvalue weighted by Crippen LogP contribution is -2.12. The average Bonchev–Trinajstić information content (AvgIpc) is 2.95. The Balaban J connectivity index is 1.94. The molecule has 126 valence electrons. The molecule has 0 saturated carbocycles. The second kappa shape index (κ2) is 7.36. The van der Waals surface area contributed by atoms with Crippen molar-refractivity contribution in [3.63, 3.8) is 0 Å². The van der Waals surface area contributed by atoms with E-state index in [1.54, 1.807) is 18.2 Å². The van der Waals surface area contributed by atoms with E-state index in [2.05, 4.69) is 22.1 Å². The van der Waals surface area contributed by atoms with Crippen molar-refractivity contribution in [1.82, 2.24) is 19.6 Å². The molecule has 3 aromatic rings. The molecule has 1 aromatic carbocycles. The highest BCUT2D eigenvalue weighted by molar-refractivity contribution is 7.98. The van der Waals surface area contributed by atoms with Crippen molar-refractivity contribution in [3.8, 4) is 0 Å². The van der Waals surface area contributed by atoms with Gasteiger partial charge in [-0.3, -0.25) is 14.2 Å². The normalized spacial score (nSPS) is 11.3. The van der Waals surface area contributed by atoms with E-state index in [1.807, 2.05) is 4.40 Å². The Hall–Kier alpha value is -1.86. The van der Waals surface area contributed by atoms with Gasteiger partial charge in [0, 0.05) is 28.1 Å². The highest BCUT2D eigenvalue weighted by Gasteiger charge is 2.14. The number of hydrogen-bond acceptors (Lipinski definition) is 4. The number of aromatic nitrogens is 4. The zero-order chi connectivity index (χ0) is 17.1. The van der Waals surface area contributed by atoms with Gasteiger partial charge in [-0.1, -0.05) is 42.8 Å². The first-order chi connectivity index (χ1) is 11.6. The summed E-state index contributed by atoms with van der Waals surface area (Å²) in [5, 5.41) is 9.12. The van der Waals surface area contributed by atoms with Gasteiger partial charge in [-0.15, -0.1) is 10.2 Å². The predicted octanol–water partition coefficient (Wildman–Crippen LogP) is 3.85. The maximum atomic E-state index is 13.9. The molecule has 1 N–H and O–H groups in total. The van der Waals surface area contributed by atoms with Gasteiger partial charge in [0.15, 0.2) is 5.16 Å². The van der Waals surface area contributed by atoms with Crippen molar-refractivity contribution in [2.24, 2.45) is 0 Å². The van der Waals surface area contributed by atoms with Gasteiger partial charge in [0.1, 0.15) is 5.82 Å². The lowest BCUT2D eigenvalue weighted by Gasteiger charge is -2.07. The monoisotopic (exact) mass is 366 g/mol. The molecule has 0 aliphatic heterocycles. The highest BCUT2D eigenvalue weighted by Crippen LogP contribution is 2.28. The number of benzene rings is 1. The quantitative estimate of drug-likeness (QED) is 0.673. The van der Waals surface area contributed by atoms with Gasteiger partial charge in [-0.25, -0.2) is 4.39 Å². The fourth-order valence-corrected chi connectivity index (χ4v) is 3.72. The summed E-state index contributed by atoms with van der Waals surface area (Å²) in [6.45, 7) is 2.09. The van der Waals surface area contributed by atoms with Crippen LogP contribution in [0.1, 0.15) is 31.0 Å². The second-order valence-corrected chi connectivity index (χ2v) is 6.71. The maximum absolute atomic E-state index is 13.9. The molecule has 0 saturated heterocycles. The number of aryl methyl sites for hydroxylation is 1. The zero-order valence-electron chi connectivity index (χ0n) is 13.1. The number of unbranched alkanes of at least 4 members (excludes halogenated alkanes) is 1. The van der Waals surface area contributed by atoms with E-state index in [-0.39, 0.29) is 11.4 Å². The third-order valence-electron chi connectivity index (χ3n) is 3.65. The Kier molecular flexibility index (Phi) is 5.20. The molecule has 0 spiro atoms. The molecule has 8 heteroatoms. The smallest absolute Gasteiger partial charge is 0.252 e. The lowest BCUT2D eigenvalue weighted by atomic mass is 10.2. The predicted molar refractivity (Wildman–Crippen MR) is 93.2 cm³/mol. The van der Waals surface area contributed by atoms with Crippen LogP contribution in [0.2, 0.25) is 5.02 Å². The van der Waals surface area contributed by atoms with Crippen LogP contribution >= 0.6 is 23.4 Å². The largest absolute Gasteiger partial charge is 0.291 e. The van der Waals surface area contributed by atoms with Crippen LogP contribution < -0.4 is 5.56 Å². The minimum atomic E-state index is -0.344.